The van der Waals surface area contributed by atoms with Crippen molar-refractivity contribution in [3.63, 3.8) is 0 Å². The summed E-state index contributed by atoms with van der Waals surface area (Å²) in [6.45, 7) is 7.64. The van der Waals surface area contributed by atoms with Gasteiger partial charge in [-0.3, -0.25) is 10.1 Å². The number of methoxy groups -OCH3 is 1. The van der Waals surface area contributed by atoms with E-state index in [1.165, 1.54) is 18.5 Å². The molecule has 1 aliphatic carbocycles. The van der Waals surface area contributed by atoms with Gasteiger partial charge in [0.15, 0.2) is 6.23 Å². The van der Waals surface area contributed by atoms with Gasteiger partial charge in [-0.2, -0.15) is 4.31 Å². The Morgan fingerprint density at radius 2 is 1.94 bits per heavy atom. The highest BCUT2D eigenvalue weighted by Gasteiger charge is 2.24. The van der Waals surface area contributed by atoms with Gasteiger partial charge in [-0.05, 0) is 58.0 Å². The maximum Gasteiger partial charge on any atom is 0.264 e. The Labute approximate surface area is 217 Å². The minimum atomic E-state index is -3.69. The smallest absolute Gasteiger partial charge is 0.264 e. The van der Waals surface area contributed by atoms with Gasteiger partial charge in [0, 0.05) is 45.8 Å². The average Bonchev–Trinajstić information content (AvgIpc) is 2.82. The third-order valence-electron chi connectivity index (χ3n) is 5.85. The number of aliphatic hydroxyl groups is 1. The number of ether oxygens (including phenoxy) is 1. The van der Waals surface area contributed by atoms with Crippen molar-refractivity contribution >= 4 is 15.9 Å². The fourth-order valence-corrected chi connectivity index (χ4v) is 5.11. The Kier molecular flexibility index (Phi) is 14.2. The monoisotopic (exact) mass is 527 g/mol. The summed E-state index contributed by atoms with van der Waals surface area (Å²) in [5.41, 5.74) is 1.58. The van der Waals surface area contributed by atoms with Gasteiger partial charge in [0.25, 0.3) is 5.91 Å². The number of sulfonamides is 1. The minimum absolute atomic E-state index is 0.0898. The minimum Gasteiger partial charge on any atom is -0.501 e. The zero-order chi connectivity index (χ0) is 27.3. The van der Waals surface area contributed by atoms with Crippen LogP contribution in [0.4, 0.5) is 0 Å². The van der Waals surface area contributed by atoms with Crippen LogP contribution in [0.15, 0.2) is 46.1 Å². The second-order valence-corrected chi connectivity index (χ2v) is 11.1. The molecule has 1 aliphatic rings. The number of amides is 1. The molecule has 4 N–H and O–H groups in total. The number of aliphatic hydroxyl groups excluding tert-OH is 1. The van der Waals surface area contributed by atoms with Crippen LogP contribution in [0.3, 0.4) is 0 Å². The number of carbonyl (C=O) groups is 1. The molecule has 0 aliphatic heterocycles. The Bertz CT molecular complexity index is 940. The summed E-state index contributed by atoms with van der Waals surface area (Å²) >= 11 is 0. The first kappa shape index (κ1) is 32.0. The zero-order valence-electron chi connectivity index (χ0n) is 22.8. The van der Waals surface area contributed by atoms with Crippen molar-refractivity contribution in [3.8, 4) is 0 Å². The van der Waals surface area contributed by atoms with Crippen LogP contribution >= 0.6 is 0 Å². The Morgan fingerprint density at radius 1 is 1.25 bits per heavy atom. The van der Waals surface area contributed by atoms with E-state index in [9.17, 15) is 18.3 Å². The van der Waals surface area contributed by atoms with E-state index in [-0.39, 0.29) is 19.1 Å². The highest BCUT2D eigenvalue weighted by Crippen LogP contribution is 2.21. The number of allylic oxidation sites excluding steroid dienone is 4. The van der Waals surface area contributed by atoms with Crippen LogP contribution in [0.2, 0.25) is 0 Å². The van der Waals surface area contributed by atoms with Gasteiger partial charge in [-0.1, -0.05) is 25.2 Å². The zero-order valence-corrected chi connectivity index (χ0v) is 23.6. The lowest BCUT2D eigenvalue weighted by molar-refractivity contribution is -0.130. The van der Waals surface area contributed by atoms with Crippen molar-refractivity contribution < 1.29 is 23.1 Å². The molecule has 0 aromatic rings. The molecule has 0 radical (unpaired) electrons. The highest BCUT2D eigenvalue weighted by molar-refractivity contribution is 7.93. The third-order valence-corrected chi connectivity index (χ3v) is 8.08. The van der Waals surface area contributed by atoms with E-state index >= 15 is 0 Å². The molecular weight excluding hydrogens is 482 g/mol. The molecule has 0 aromatic carbocycles. The van der Waals surface area contributed by atoms with E-state index in [1.54, 1.807) is 26.8 Å². The average molecular weight is 528 g/mol. The maximum absolute atomic E-state index is 13.0. The van der Waals surface area contributed by atoms with Crippen LogP contribution in [0.1, 0.15) is 33.6 Å². The number of hydrogen-bond donors (Lipinski definition) is 4. The van der Waals surface area contributed by atoms with Crippen LogP contribution in [0.25, 0.3) is 0 Å². The van der Waals surface area contributed by atoms with Gasteiger partial charge in [0.1, 0.15) is 0 Å². The topological polar surface area (TPSA) is 123 Å². The SMILES string of the molecule is CC/C(=C(C)\C=C(/C)OC)S(=O)(=O)N(C)CCNC(O)C(=O)NCC1=CCC(NCCN(C)C)C=C1. The summed E-state index contributed by atoms with van der Waals surface area (Å²) in [4.78, 5) is 14.7. The molecule has 1 rings (SSSR count). The number of nitrogens with zero attached hydrogens (tertiary/aromatic N) is 2. The molecule has 11 heteroatoms. The molecule has 0 saturated carbocycles. The summed E-state index contributed by atoms with van der Waals surface area (Å²) in [5.74, 6) is 0.0503. The number of likely N-dealkylation sites (N-methyl/N-ethyl adjacent to an activating group) is 2. The lowest BCUT2D eigenvalue weighted by atomic mass is 10.0. The molecule has 0 saturated heterocycles. The summed E-state index contributed by atoms with van der Waals surface area (Å²) in [6.07, 6.45) is 7.54. The fourth-order valence-electron chi connectivity index (χ4n) is 3.58. The van der Waals surface area contributed by atoms with Crippen LogP contribution in [0, 0.1) is 0 Å². The van der Waals surface area contributed by atoms with E-state index in [0.29, 0.717) is 29.2 Å². The fraction of sp³-hybridized carbons (Fsp3) is 0.640. The number of hydrogen-bond acceptors (Lipinski definition) is 8. The number of rotatable bonds is 16. The molecule has 1 amide bonds. The van der Waals surface area contributed by atoms with Gasteiger partial charge in [-0.25, -0.2) is 8.42 Å². The van der Waals surface area contributed by atoms with Crippen LogP contribution in [-0.4, -0.2) is 102 Å². The molecule has 2 unspecified atom stereocenters. The van der Waals surface area contributed by atoms with Crippen molar-refractivity contribution in [2.75, 3.05) is 61.0 Å². The summed E-state index contributed by atoms with van der Waals surface area (Å²) in [6, 6.07) is 0.275. The molecule has 36 heavy (non-hydrogen) atoms. The van der Waals surface area contributed by atoms with Crippen LogP contribution < -0.4 is 16.0 Å². The van der Waals surface area contributed by atoms with E-state index in [1.807, 2.05) is 20.2 Å². The van der Waals surface area contributed by atoms with Gasteiger partial charge < -0.3 is 25.4 Å². The van der Waals surface area contributed by atoms with E-state index in [2.05, 4.69) is 33.0 Å². The van der Waals surface area contributed by atoms with Crippen molar-refractivity contribution in [1.82, 2.24) is 25.2 Å². The third kappa shape index (κ3) is 10.9. The second-order valence-electron chi connectivity index (χ2n) is 9.06. The molecule has 0 fully saturated rings. The van der Waals surface area contributed by atoms with Gasteiger partial charge in [0.2, 0.25) is 10.0 Å². The highest BCUT2D eigenvalue weighted by atomic mass is 32.2. The Balaban J connectivity index is 2.49. The predicted molar refractivity (Wildman–Crippen MR) is 145 cm³/mol. The molecule has 10 nitrogen and oxygen atoms in total. The van der Waals surface area contributed by atoms with Crippen molar-refractivity contribution in [2.45, 2.75) is 45.9 Å². The first-order valence-corrected chi connectivity index (χ1v) is 13.7. The second kappa shape index (κ2) is 16.0. The quantitative estimate of drug-likeness (QED) is 0.133. The standard InChI is InChI=1S/C25H45N5O5S/c1-8-23(19(2)17-20(3)35-7)36(33,34)30(6)16-14-27-24(31)25(32)28-18-21-9-11-22(12-10-21)26-13-15-29(4)5/h9-11,17,22,24,26-27,31H,8,12-16,18H2,1-7H3,(H,28,32)/b20-17+,23-19+. The molecule has 2 atom stereocenters. The summed E-state index contributed by atoms with van der Waals surface area (Å²) in [7, 11) is 3.38. The normalized spacial score (nSPS) is 18.2. The lowest BCUT2D eigenvalue weighted by Gasteiger charge is -2.21. The van der Waals surface area contributed by atoms with Crippen molar-refractivity contribution in [1.29, 1.82) is 0 Å². The largest absolute Gasteiger partial charge is 0.501 e. The molecule has 0 spiro atoms. The van der Waals surface area contributed by atoms with E-state index in [0.717, 1.165) is 25.1 Å². The number of nitrogens with one attached hydrogen (secondary N) is 3. The summed E-state index contributed by atoms with van der Waals surface area (Å²) < 4.78 is 32.3. The molecule has 206 valence electrons. The summed E-state index contributed by atoms with van der Waals surface area (Å²) in [5, 5.41) is 19.0. The van der Waals surface area contributed by atoms with E-state index in [4.69, 9.17) is 4.74 Å². The first-order chi connectivity index (χ1) is 16.9. The van der Waals surface area contributed by atoms with Gasteiger partial charge in [0.05, 0.1) is 17.8 Å². The molecule has 0 heterocycles. The maximum atomic E-state index is 13.0. The first-order valence-electron chi connectivity index (χ1n) is 12.2. The van der Waals surface area contributed by atoms with Crippen LogP contribution in [-0.2, 0) is 19.6 Å². The predicted octanol–water partition coefficient (Wildman–Crippen LogP) is 0.913. The lowest BCUT2D eigenvalue weighted by Crippen LogP contribution is -2.47. The van der Waals surface area contributed by atoms with Gasteiger partial charge >= 0.3 is 0 Å². The number of carbonyl (C=O) groups excluding carboxylic acids is 1. The molecule has 0 bridgehead atoms. The van der Waals surface area contributed by atoms with Crippen molar-refractivity contribution in [2.24, 2.45) is 0 Å². The van der Waals surface area contributed by atoms with Crippen molar-refractivity contribution in [3.05, 3.63) is 46.1 Å². The Hall–Kier alpha value is -2.02. The van der Waals surface area contributed by atoms with E-state index < -0.39 is 22.2 Å². The van der Waals surface area contributed by atoms with Crippen LogP contribution in [0.5, 0.6) is 0 Å². The molecular formula is C25H45N5O5S. The molecule has 0 aromatic heterocycles. The van der Waals surface area contributed by atoms with Gasteiger partial charge in [-0.15, -0.1) is 0 Å². The Morgan fingerprint density at radius 3 is 2.50 bits per heavy atom.